The minimum atomic E-state index is -0.336. The molecule has 0 aromatic heterocycles. The van der Waals surface area contributed by atoms with Crippen LogP contribution >= 0.6 is 0 Å². The zero-order valence-electron chi connectivity index (χ0n) is 11.3. The predicted octanol–water partition coefficient (Wildman–Crippen LogP) is 2.90. The molecule has 1 amide bonds. The summed E-state index contributed by atoms with van der Waals surface area (Å²) >= 11 is 0. The van der Waals surface area contributed by atoms with Gasteiger partial charge in [0.05, 0.1) is 5.69 Å². The number of benzene rings is 2. The van der Waals surface area contributed by atoms with Crippen LogP contribution in [-0.2, 0) is 0 Å². The minimum Gasteiger partial charge on any atom is -0.455 e. The molecule has 20 heavy (non-hydrogen) atoms. The molecule has 0 fully saturated rings. The number of hydrogen-bond acceptors (Lipinski definition) is 3. The molecule has 2 aromatic carbocycles. The second-order valence-electron chi connectivity index (χ2n) is 4.51. The Bertz CT molecular complexity index is 624. The van der Waals surface area contributed by atoms with Crippen molar-refractivity contribution in [3.63, 3.8) is 0 Å². The molecule has 5 heteroatoms. The lowest BCUT2D eigenvalue weighted by Gasteiger charge is -2.13. The first-order valence-corrected chi connectivity index (χ1v) is 6.02. The maximum atomic E-state index is 12.8. The number of nitrogens with two attached hydrogens (primary N) is 1. The molecule has 0 saturated heterocycles. The first-order valence-electron chi connectivity index (χ1n) is 6.02. The van der Waals surface area contributed by atoms with E-state index < -0.39 is 0 Å². The predicted molar refractivity (Wildman–Crippen MR) is 75.3 cm³/mol. The maximum absolute atomic E-state index is 12.8. The van der Waals surface area contributed by atoms with Gasteiger partial charge in [-0.1, -0.05) is 0 Å². The van der Waals surface area contributed by atoms with Crippen LogP contribution in [0.1, 0.15) is 10.4 Å². The number of hydrogen-bond donors (Lipinski definition) is 1. The lowest BCUT2D eigenvalue weighted by atomic mass is 10.1. The summed E-state index contributed by atoms with van der Waals surface area (Å²) in [7, 11) is 3.34. The number of carbonyl (C=O) groups is 1. The fourth-order valence-electron chi connectivity index (χ4n) is 1.66. The number of ether oxygens (including phenoxy) is 1. The van der Waals surface area contributed by atoms with Gasteiger partial charge in [-0.2, -0.15) is 0 Å². The molecule has 0 aliphatic carbocycles. The van der Waals surface area contributed by atoms with E-state index in [1.54, 1.807) is 32.3 Å². The number of nitrogens with zero attached hydrogens (tertiary/aromatic N) is 1. The number of anilines is 1. The number of amides is 1. The van der Waals surface area contributed by atoms with Crippen molar-refractivity contribution in [2.24, 2.45) is 0 Å². The second kappa shape index (κ2) is 5.61. The molecule has 0 spiro atoms. The Morgan fingerprint density at radius 2 is 1.80 bits per heavy atom. The number of halogens is 1. The third kappa shape index (κ3) is 3.06. The van der Waals surface area contributed by atoms with E-state index in [-0.39, 0.29) is 11.7 Å². The molecular formula is C15H15FN2O2. The van der Waals surface area contributed by atoms with Crippen molar-refractivity contribution in [2.75, 3.05) is 19.8 Å². The smallest absolute Gasteiger partial charge is 0.253 e. The molecule has 0 unspecified atom stereocenters. The summed E-state index contributed by atoms with van der Waals surface area (Å²) in [6.07, 6.45) is 0. The first kappa shape index (κ1) is 13.9. The van der Waals surface area contributed by atoms with Crippen molar-refractivity contribution >= 4 is 11.6 Å². The topological polar surface area (TPSA) is 55.6 Å². The van der Waals surface area contributed by atoms with E-state index in [9.17, 15) is 9.18 Å². The van der Waals surface area contributed by atoms with Gasteiger partial charge in [-0.05, 0) is 42.5 Å². The van der Waals surface area contributed by atoms with E-state index in [4.69, 9.17) is 10.5 Å². The van der Waals surface area contributed by atoms with Gasteiger partial charge >= 0.3 is 0 Å². The van der Waals surface area contributed by atoms with Gasteiger partial charge < -0.3 is 15.4 Å². The molecule has 4 nitrogen and oxygen atoms in total. The molecule has 0 heterocycles. The van der Waals surface area contributed by atoms with Crippen LogP contribution < -0.4 is 10.5 Å². The van der Waals surface area contributed by atoms with Crippen molar-refractivity contribution in [1.29, 1.82) is 0 Å². The lowest BCUT2D eigenvalue weighted by molar-refractivity contribution is 0.0827. The van der Waals surface area contributed by atoms with Crippen LogP contribution in [0.4, 0.5) is 10.1 Å². The second-order valence-corrected chi connectivity index (χ2v) is 4.51. The van der Waals surface area contributed by atoms with Crippen LogP contribution in [0, 0.1) is 5.82 Å². The van der Waals surface area contributed by atoms with Crippen molar-refractivity contribution in [3.05, 3.63) is 53.8 Å². The minimum absolute atomic E-state index is 0.134. The van der Waals surface area contributed by atoms with Crippen LogP contribution in [0.5, 0.6) is 11.5 Å². The maximum Gasteiger partial charge on any atom is 0.253 e. The third-order valence-corrected chi connectivity index (χ3v) is 2.70. The molecule has 2 aromatic rings. The average molecular weight is 274 g/mol. The van der Waals surface area contributed by atoms with Crippen LogP contribution in [-0.4, -0.2) is 24.9 Å². The Balaban J connectivity index is 2.22. The first-order chi connectivity index (χ1) is 9.47. The standard InChI is InChI=1S/C15H15FN2O2/c1-18(2)15(19)10-3-8-14(13(17)9-10)20-12-6-4-11(16)5-7-12/h3-9H,17H2,1-2H3. The fourth-order valence-corrected chi connectivity index (χ4v) is 1.66. The van der Waals surface area contributed by atoms with E-state index in [0.717, 1.165) is 0 Å². The molecule has 104 valence electrons. The highest BCUT2D eigenvalue weighted by atomic mass is 19.1. The van der Waals surface area contributed by atoms with E-state index >= 15 is 0 Å². The SMILES string of the molecule is CN(C)C(=O)c1ccc(Oc2ccc(F)cc2)c(N)c1. The Morgan fingerprint density at radius 3 is 2.35 bits per heavy atom. The van der Waals surface area contributed by atoms with Gasteiger partial charge in [0, 0.05) is 19.7 Å². The van der Waals surface area contributed by atoms with Gasteiger partial charge in [-0.3, -0.25) is 4.79 Å². The van der Waals surface area contributed by atoms with E-state index in [0.29, 0.717) is 22.7 Å². The summed E-state index contributed by atoms with van der Waals surface area (Å²) in [5, 5.41) is 0. The molecule has 2 N–H and O–H groups in total. The summed E-state index contributed by atoms with van der Waals surface area (Å²) in [6.45, 7) is 0. The molecule has 0 atom stereocenters. The Kier molecular flexibility index (Phi) is 3.89. The highest BCUT2D eigenvalue weighted by molar-refractivity contribution is 5.95. The summed E-state index contributed by atoms with van der Waals surface area (Å²) in [5.41, 5.74) is 6.70. The number of nitrogen functional groups attached to an aromatic ring is 1. The number of carbonyl (C=O) groups excluding carboxylic acids is 1. The van der Waals surface area contributed by atoms with Crippen molar-refractivity contribution in [2.45, 2.75) is 0 Å². The largest absolute Gasteiger partial charge is 0.455 e. The van der Waals surface area contributed by atoms with Gasteiger partial charge in [0.15, 0.2) is 0 Å². The van der Waals surface area contributed by atoms with E-state index in [1.807, 2.05) is 0 Å². The lowest BCUT2D eigenvalue weighted by Crippen LogP contribution is -2.21. The van der Waals surface area contributed by atoms with Gasteiger partial charge in [-0.25, -0.2) is 4.39 Å². The number of rotatable bonds is 3. The van der Waals surface area contributed by atoms with Crippen LogP contribution in [0.25, 0.3) is 0 Å². The molecule has 0 aliphatic rings. The van der Waals surface area contributed by atoms with E-state index in [1.165, 1.54) is 29.2 Å². The summed E-state index contributed by atoms with van der Waals surface area (Å²) in [5.74, 6) is 0.430. The average Bonchev–Trinajstić information content (AvgIpc) is 2.42. The summed E-state index contributed by atoms with van der Waals surface area (Å²) in [6, 6.07) is 10.4. The Labute approximate surface area is 116 Å². The Hall–Kier alpha value is -2.56. The highest BCUT2D eigenvalue weighted by Crippen LogP contribution is 2.28. The third-order valence-electron chi connectivity index (χ3n) is 2.70. The van der Waals surface area contributed by atoms with E-state index in [2.05, 4.69) is 0 Å². The van der Waals surface area contributed by atoms with Crippen molar-refractivity contribution < 1.29 is 13.9 Å². The molecule has 0 saturated carbocycles. The van der Waals surface area contributed by atoms with Crippen LogP contribution in [0.3, 0.4) is 0 Å². The molecule has 0 bridgehead atoms. The quantitative estimate of drug-likeness (QED) is 0.875. The van der Waals surface area contributed by atoms with Crippen molar-refractivity contribution in [1.82, 2.24) is 4.90 Å². The fraction of sp³-hybridized carbons (Fsp3) is 0.133. The van der Waals surface area contributed by atoms with Gasteiger partial charge in [-0.15, -0.1) is 0 Å². The monoisotopic (exact) mass is 274 g/mol. The van der Waals surface area contributed by atoms with Gasteiger partial charge in [0.25, 0.3) is 5.91 Å². The molecule has 0 radical (unpaired) electrons. The van der Waals surface area contributed by atoms with Crippen LogP contribution in [0.15, 0.2) is 42.5 Å². The van der Waals surface area contributed by atoms with Crippen LogP contribution in [0.2, 0.25) is 0 Å². The zero-order chi connectivity index (χ0) is 14.7. The summed E-state index contributed by atoms with van der Waals surface area (Å²) < 4.78 is 18.3. The molecular weight excluding hydrogens is 259 g/mol. The highest BCUT2D eigenvalue weighted by Gasteiger charge is 2.11. The zero-order valence-corrected chi connectivity index (χ0v) is 11.3. The van der Waals surface area contributed by atoms with Gasteiger partial charge in [0.2, 0.25) is 0 Å². The molecule has 2 rings (SSSR count). The summed E-state index contributed by atoms with van der Waals surface area (Å²) in [4.78, 5) is 13.3. The molecule has 0 aliphatic heterocycles. The van der Waals surface area contributed by atoms with Gasteiger partial charge in [0.1, 0.15) is 17.3 Å². The normalized spacial score (nSPS) is 10.2. The van der Waals surface area contributed by atoms with Crippen molar-refractivity contribution in [3.8, 4) is 11.5 Å². The Morgan fingerprint density at radius 1 is 1.15 bits per heavy atom.